The van der Waals surface area contributed by atoms with Gasteiger partial charge in [-0.05, 0) is 29.3 Å². The number of thioether (sulfide) groups is 1. The lowest BCUT2D eigenvalue weighted by Gasteiger charge is -2.00. The molecule has 2 aromatic heterocycles. The van der Waals surface area contributed by atoms with E-state index in [4.69, 9.17) is 11.6 Å². The molecule has 0 aliphatic carbocycles. The van der Waals surface area contributed by atoms with Crippen molar-refractivity contribution in [2.75, 3.05) is 5.32 Å². The number of H-pyrrole nitrogens is 1. The Bertz CT molecular complexity index is 1070. The minimum atomic E-state index is -0.106. The molecule has 4 rings (SSSR count). The zero-order valence-electron chi connectivity index (χ0n) is 14.1. The highest BCUT2D eigenvalue weighted by Crippen LogP contribution is 2.29. The first-order valence-corrected chi connectivity index (χ1v) is 10.4. The van der Waals surface area contributed by atoms with Crippen molar-refractivity contribution in [1.29, 1.82) is 0 Å². The lowest BCUT2D eigenvalue weighted by Crippen LogP contribution is -2.14. The van der Waals surface area contributed by atoms with Gasteiger partial charge in [-0.1, -0.05) is 65.0 Å². The molecule has 8 heteroatoms. The number of para-hydroxylation sites is 1. The van der Waals surface area contributed by atoms with Gasteiger partial charge in [0.1, 0.15) is 0 Å². The highest BCUT2D eigenvalue weighted by Gasteiger charge is 2.12. The van der Waals surface area contributed by atoms with Gasteiger partial charge in [-0.2, -0.15) is 0 Å². The fourth-order valence-corrected chi connectivity index (χ4v) is 4.51. The molecule has 136 valence electrons. The highest BCUT2D eigenvalue weighted by atomic mass is 35.5. The van der Waals surface area contributed by atoms with E-state index in [0.29, 0.717) is 5.13 Å². The number of nitrogens with one attached hydrogen (secondary N) is 2. The number of fused-ring (bicyclic) bond motifs is 1. The van der Waals surface area contributed by atoms with Crippen LogP contribution in [0.1, 0.15) is 11.1 Å². The summed E-state index contributed by atoms with van der Waals surface area (Å²) in [6.45, 7) is 0. The molecule has 0 atom stereocenters. The first-order valence-electron chi connectivity index (χ1n) is 8.23. The average molecular weight is 415 g/mol. The Morgan fingerprint density at radius 2 is 1.96 bits per heavy atom. The van der Waals surface area contributed by atoms with Crippen LogP contribution in [-0.2, 0) is 17.0 Å². The van der Waals surface area contributed by atoms with E-state index in [2.05, 4.69) is 20.5 Å². The number of halogens is 1. The Labute approximate surface area is 169 Å². The molecule has 2 N–H and O–H groups in total. The summed E-state index contributed by atoms with van der Waals surface area (Å²) in [4.78, 5) is 15.5. The molecule has 0 aliphatic heterocycles. The number of hydrogen-bond acceptors (Lipinski definition) is 5. The van der Waals surface area contributed by atoms with Gasteiger partial charge < -0.3 is 10.3 Å². The van der Waals surface area contributed by atoms with E-state index in [0.717, 1.165) is 37.1 Å². The fourth-order valence-electron chi connectivity index (χ4n) is 2.66. The quantitative estimate of drug-likeness (QED) is 0.338. The molecule has 4 aromatic rings. The Hall–Kier alpha value is -2.35. The number of aromatic nitrogens is 3. The molecule has 0 saturated heterocycles. The summed E-state index contributed by atoms with van der Waals surface area (Å²) in [5.41, 5.74) is 3.14. The van der Waals surface area contributed by atoms with Gasteiger partial charge >= 0.3 is 0 Å². The van der Waals surface area contributed by atoms with Crippen molar-refractivity contribution in [1.82, 2.24) is 15.2 Å². The molecule has 0 saturated carbocycles. The monoisotopic (exact) mass is 414 g/mol. The Kier molecular flexibility index (Phi) is 5.42. The summed E-state index contributed by atoms with van der Waals surface area (Å²) < 4.78 is 0.812. The molecule has 0 fully saturated rings. The summed E-state index contributed by atoms with van der Waals surface area (Å²) in [5, 5.41) is 13.3. The highest BCUT2D eigenvalue weighted by molar-refractivity contribution is 8.00. The van der Waals surface area contributed by atoms with Crippen LogP contribution in [0, 0.1) is 0 Å². The minimum Gasteiger partial charge on any atom is -0.361 e. The van der Waals surface area contributed by atoms with Crippen molar-refractivity contribution >= 4 is 56.6 Å². The van der Waals surface area contributed by atoms with Gasteiger partial charge in [0.2, 0.25) is 11.0 Å². The summed E-state index contributed by atoms with van der Waals surface area (Å²) >= 11 is 8.85. The predicted molar refractivity (Wildman–Crippen MR) is 112 cm³/mol. The number of carbonyl (C=O) groups excluding carboxylic acids is 1. The van der Waals surface area contributed by atoms with Crippen LogP contribution in [-0.4, -0.2) is 21.1 Å². The zero-order chi connectivity index (χ0) is 18.6. The normalized spacial score (nSPS) is 11.0. The Balaban J connectivity index is 1.34. The first kappa shape index (κ1) is 18.0. The topological polar surface area (TPSA) is 70.7 Å². The molecule has 2 aromatic carbocycles. The summed E-state index contributed by atoms with van der Waals surface area (Å²) in [5.74, 6) is 0.667. The molecule has 0 radical (unpaired) electrons. The maximum atomic E-state index is 12.3. The smallest absolute Gasteiger partial charge is 0.230 e. The molecule has 0 bridgehead atoms. The minimum absolute atomic E-state index is 0.106. The van der Waals surface area contributed by atoms with Crippen LogP contribution < -0.4 is 5.32 Å². The second kappa shape index (κ2) is 8.12. The standard InChI is InChI=1S/C19H15ClN4OS2/c20-14-7-5-12(6-8-14)11-26-19-24-23-18(27-19)22-17(25)9-13-10-21-16-4-2-1-3-15(13)16/h1-8,10,21H,9,11H2,(H,22,23,25). The van der Waals surface area contributed by atoms with Crippen molar-refractivity contribution < 1.29 is 4.79 Å². The molecule has 5 nitrogen and oxygen atoms in total. The molecule has 0 unspecified atom stereocenters. The summed E-state index contributed by atoms with van der Waals surface area (Å²) in [6.07, 6.45) is 2.16. The largest absolute Gasteiger partial charge is 0.361 e. The van der Waals surface area contributed by atoms with Crippen LogP contribution in [0.4, 0.5) is 5.13 Å². The van der Waals surface area contributed by atoms with Crippen molar-refractivity contribution in [3.63, 3.8) is 0 Å². The Morgan fingerprint density at radius 1 is 1.15 bits per heavy atom. The number of rotatable bonds is 6. The first-order chi connectivity index (χ1) is 13.2. The van der Waals surface area contributed by atoms with E-state index >= 15 is 0 Å². The summed E-state index contributed by atoms with van der Waals surface area (Å²) in [7, 11) is 0. The second-order valence-electron chi connectivity index (χ2n) is 5.87. The zero-order valence-corrected chi connectivity index (χ0v) is 16.5. The maximum Gasteiger partial charge on any atom is 0.230 e. The second-order valence-corrected chi connectivity index (χ2v) is 8.51. The van der Waals surface area contributed by atoms with Gasteiger partial charge in [0, 0.05) is 27.9 Å². The van der Waals surface area contributed by atoms with Gasteiger partial charge in [0.05, 0.1) is 6.42 Å². The van der Waals surface area contributed by atoms with E-state index in [-0.39, 0.29) is 12.3 Å². The number of carbonyl (C=O) groups is 1. The SMILES string of the molecule is O=C(Cc1c[nH]c2ccccc12)Nc1nnc(SCc2ccc(Cl)cc2)s1. The lowest BCUT2D eigenvalue weighted by atomic mass is 10.1. The van der Waals surface area contributed by atoms with E-state index in [9.17, 15) is 4.79 Å². The average Bonchev–Trinajstić information content (AvgIpc) is 3.29. The van der Waals surface area contributed by atoms with E-state index in [1.807, 2.05) is 54.7 Å². The van der Waals surface area contributed by atoms with E-state index < -0.39 is 0 Å². The van der Waals surface area contributed by atoms with Crippen LogP contribution in [0.3, 0.4) is 0 Å². The van der Waals surface area contributed by atoms with Crippen molar-refractivity contribution in [2.24, 2.45) is 0 Å². The molecule has 1 amide bonds. The summed E-state index contributed by atoms with van der Waals surface area (Å²) in [6, 6.07) is 15.6. The molecule has 0 aliphatic rings. The van der Waals surface area contributed by atoms with Gasteiger partial charge in [-0.3, -0.25) is 4.79 Å². The third-order valence-electron chi connectivity index (χ3n) is 3.95. The molecule has 0 spiro atoms. The van der Waals surface area contributed by atoms with Crippen molar-refractivity contribution in [2.45, 2.75) is 16.5 Å². The predicted octanol–water partition coefficient (Wildman–Crippen LogP) is 5.15. The fraction of sp³-hybridized carbons (Fsp3) is 0.105. The Morgan fingerprint density at radius 3 is 2.81 bits per heavy atom. The number of anilines is 1. The molecule has 2 heterocycles. The van der Waals surface area contributed by atoms with Crippen LogP contribution in [0.25, 0.3) is 10.9 Å². The van der Waals surface area contributed by atoms with Crippen LogP contribution in [0.5, 0.6) is 0 Å². The van der Waals surface area contributed by atoms with Gasteiger partial charge in [-0.15, -0.1) is 10.2 Å². The van der Waals surface area contributed by atoms with Crippen LogP contribution in [0.2, 0.25) is 5.02 Å². The van der Waals surface area contributed by atoms with Crippen molar-refractivity contribution in [3.05, 3.63) is 70.9 Å². The van der Waals surface area contributed by atoms with Crippen LogP contribution in [0.15, 0.2) is 59.1 Å². The van der Waals surface area contributed by atoms with E-state index in [1.165, 1.54) is 11.3 Å². The third kappa shape index (κ3) is 4.50. The lowest BCUT2D eigenvalue weighted by molar-refractivity contribution is -0.115. The molecular weight excluding hydrogens is 400 g/mol. The number of benzene rings is 2. The maximum absolute atomic E-state index is 12.3. The van der Waals surface area contributed by atoms with Gasteiger partial charge in [-0.25, -0.2) is 0 Å². The van der Waals surface area contributed by atoms with Gasteiger partial charge in [0.25, 0.3) is 0 Å². The number of hydrogen-bond donors (Lipinski definition) is 2. The number of aromatic amines is 1. The molecular formula is C19H15ClN4OS2. The van der Waals surface area contributed by atoms with Gasteiger partial charge in [0.15, 0.2) is 4.34 Å². The number of nitrogens with zero attached hydrogens (tertiary/aromatic N) is 2. The molecule has 27 heavy (non-hydrogen) atoms. The third-order valence-corrected chi connectivity index (χ3v) is 6.25. The number of amides is 1. The van der Waals surface area contributed by atoms with E-state index in [1.54, 1.807) is 11.8 Å². The van der Waals surface area contributed by atoms with Crippen molar-refractivity contribution in [3.8, 4) is 0 Å². The van der Waals surface area contributed by atoms with Crippen LogP contribution >= 0.6 is 34.7 Å².